The van der Waals surface area contributed by atoms with Crippen LogP contribution in [0.4, 0.5) is 0 Å². The summed E-state index contributed by atoms with van der Waals surface area (Å²) < 4.78 is 0. The first-order valence-corrected chi connectivity index (χ1v) is 5.40. The Morgan fingerprint density at radius 3 is 2.64 bits per heavy atom. The fraction of sp³-hybridized carbons (Fsp3) is 0.833. The molecule has 0 aliphatic heterocycles. The highest BCUT2D eigenvalue weighted by molar-refractivity contribution is 5.03. The molecule has 0 aromatic carbocycles. The van der Waals surface area contributed by atoms with E-state index in [1.165, 1.54) is 0 Å². The van der Waals surface area contributed by atoms with E-state index in [4.69, 9.17) is 6.42 Å². The molecule has 2 N–H and O–H groups in total. The van der Waals surface area contributed by atoms with Gasteiger partial charge < -0.3 is 10.4 Å². The Balaban J connectivity index is 2.42. The number of nitrogens with one attached hydrogen (secondary N) is 1. The van der Waals surface area contributed by atoms with E-state index in [0.717, 1.165) is 19.3 Å². The van der Waals surface area contributed by atoms with E-state index in [0.29, 0.717) is 12.1 Å². The molecular weight excluding hydrogens is 174 g/mol. The first-order valence-electron chi connectivity index (χ1n) is 5.40. The van der Waals surface area contributed by atoms with E-state index >= 15 is 0 Å². The number of hydrogen-bond donors (Lipinski definition) is 2. The van der Waals surface area contributed by atoms with Crippen LogP contribution in [0.2, 0.25) is 0 Å². The van der Waals surface area contributed by atoms with Gasteiger partial charge in [-0.2, -0.15) is 0 Å². The number of rotatable bonds is 4. The molecule has 0 aromatic heterocycles. The maximum atomic E-state index is 9.58. The maximum Gasteiger partial charge on any atom is 0.0621 e. The molecule has 1 rings (SSSR count). The Bertz CT molecular complexity index is 229. The van der Waals surface area contributed by atoms with Crippen molar-refractivity contribution in [2.24, 2.45) is 5.41 Å². The van der Waals surface area contributed by atoms with Crippen molar-refractivity contribution in [3.8, 4) is 12.3 Å². The third-order valence-electron chi connectivity index (χ3n) is 3.51. The highest BCUT2D eigenvalue weighted by Crippen LogP contribution is 2.40. The summed E-state index contributed by atoms with van der Waals surface area (Å²) >= 11 is 0. The normalized spacial score (nSPS) is 31.6. The monoisotopic (exact) mass is 195 g/mol. The van der Waals surface area contributed by atoms with Gasteiger partial charge in [-0.3, -0.25) is 0 Å². The Morgan fingerprint density at radius 2 is 2.29 bits per heavy atom. The predicted molar refractivity (Wildman–Crippen MR) is 58.9 cm³/mol. The minimum atomic E-state index is -0.164. The molecular formula is C12H21NO. The van der Waals surface area contributed by atoms with Crippen LogP contribution in [-0.4, -0.2) is 23.3 Å². The third kappa shape index (κ3) is 2.10. The summed E-state index contributed by atoms with van der Waals surface area (Å²) in [6, 6.07) is 0.813. The molecule has 0 heterocycles. The molecule has 14 heavy (non-hydrogen) atoms. The summed E-state index contributed by atoms with van der Waals surface area (Å²) in [6.45, 7) is 6.33. The van der Waals surface area contributed by atoms with Gasteiger partial charge in [0, 0.05) is 23.9 Å². The van der Waals surface area contributed by atoms with E-state index in [1.807, 2.05) is 0 Å². The minimum absolute atomic E-state index is 0.00200. The van der Waals surface area contributed by atoms with E-state index in [9.17, 15) is 5.11 Å². The molecule has 1 aliphatic carbocycles. The molecule has 0 aromatic rings. The minimum Gasteiger partial charge on any atom is -0.392 e. The van der Waals surface area contributed by atoms with Crippen LogP contribution in [0.3, 0.4) is 0 Å². The zero-order chi connectivity index (χ0) is 10.8. The molecule has 3 atom stereocenters. The lowest BCUT2D eigenvalue weighted by atomic mass is 9.64. The predicted octanol–water partition coefficient (Wildman–Crippen LogP) is 1.54. The number of hydrogen-bond acceptors (Lipinski definition) is 2. The van der Waals surface area contributed by atoms with Crippen LogP contribution in [0.15, 0.2) is 0 Å². The van der Waals surface area contributed by atoms with Crippen molar-refractivity contribution < 1.29 is 5.11 Å². The fourth-order valence-corrected chi connectivity index (χ4v) is 1.93. The lowest BCUT2D eigenvalue weighted by Crippen LogP contribution is -2.61. The summed E-state index contributed by atoms with van der Waals surface area (Å²) in [6.07, 6.45) is 7.81. The van der Waals surface area contributed by atoms with Crippen LogP contribution >= 0.6 is 0 Å². The zero-order valence-electron chi connectivity index (χ0n) is 9.38. The summed E-state index contributed by atoms with van der Waals surface area (Å²) in [5, 5.41) is 13.1. The average Bonchev–Trinajstić information content (AvgIpc) is 2.16. The van der Waals surface area contributed by atoms with E-state index in [1.54, 1.807) is 0 Å². The quantitative estimate of drug-likeness (QED) is 0.667. The lowest BCUT2D eigenvalue weighted by Gasteiger charge is -2.50. The molecule has 0 bridgehead atoms. The summed E-state index contributed by atoms with van der Waals surface area (Å²) in [4.78, 5) is 0. The molecule has 0 amide bonds. The maximum absolute atomic E-state index is 9.58. The number of aliphatic hydroxyl groups is 1. The summed E-state index contributed by atoms with van der Waals surface area (Å²) in [5.41, 5.74) is 0.00200. The Labute approximate surface area is 87.1 Å². The van der Waals surface area contributed by atoms with Crippen molar-refractivity contribution in [1.29, 1.82) is 0 Å². The lowest BCUT2D eigenvalue weighted by molar-refractivity contribution is -0.0758. The second kappa shape index (κ2) is 4.33. The Kier molecular flexibility index (Phi) is 3.58. The van der Waals surface area contributed by atoms with Crippen LogP contribution in [0, 0.1) is 17.8 Å². The van der Waals surface area contributed by atoms with Gasteiger partial charge in [0.1, 0.15) is 0 Å². The van der Waals surface area contributed by atoms with Gasteiger partial charge >= 0.3 is 0 Å². The van der Waals surface area contributed by atoms with Crippen molar-refractivity contribution in [3.63, 3.8) is 0 Å². The van der Waals surface area contributed by atoms with Crippen molar-refractivity contribution in [3.05, 3.63) is 0 Å². The van der Waals surface area contributed by atoms with Crippen LogP contribution in [0.25, 0.3) is 0 Å². The van der Waals surface area contributed by atoms with Gasteiger partial charge in [0.05, 0.1) is 6.10 Å². The van der Waals surface area contributed by atoms with Gasteiger partial charge in [-0.25, -0.2) is 0 Å². The fourth-order valence-electron chi connectivity index (χ4n) is 1.93. The van der Waals surface area contributed by atoms with Crippen LogP contribution in [-0.2, 0) is 0 Å². The molecule has 0 radical (unpaired) electrons. The second-order valence-electron chi connectivity index (χ2n) is 4.81. The topological polar surface area (TPSA) is 32.3 Å². The van der Waals surface area contributed by atoms with Gasteiger partial charge in [-0.05, 0) is 12.8 Å². The standard InChI is InChI=1S/C12H21NO/c1-5-7-9(6-2)13-10-8-11(14)12(10,3)4/h1,9-11,13-14H,6-8H2,2-4H3. The van der Waals surface area contributed by atoms with Crippen molar-refractivity contribution in [2.45, 2.75) is 58.2 Å². The van der Waals surface area contributed by atoms with E-state index < -0.39 is 0 Å². The second-order valence-corrected chi connectivity index (χ2v) is 4.81. The van der Waals surface area contributed by atoms with Crippen molar-refractivity contribution >= 4 is 0 Å². The highest BCUT2D eigenvalue weighted by Gasteiger charge is 2.47. The highest BCUT2D eigenvalue weighted by atomic mass is 16.3. The summed E-state index contributed by atoms with van der Waals surface area (Å²) in [7, 11) is 0. The first-order chi connectivity index (χ1) is 6.52. The van der Waals surface area contributed by atoms with Gasteiger partial charge in [-0.1, -0.05) is 20.8 Å². The largest absolute Gasteiger partial charge is 0.392 e. The molecule has 2 heteroatoms. The number of aliphatic hydroxyl groups excluding tert-OH is 1. The van der Waals surface area contributed by atoms with Crippen molar-refractivity contribution in [1.82, 2.24) is 5.32 Å². The van der Waals surface area contributed by atoms with Crippen LogP contribution in [0.1, 0.15) is 40.0 Å². The SMILES string of the molecule is C#CCC(CC)NC1CC(O)C1(C)C. The molecule has 0 spiro atoms. The van der Waals surface area contributed by atoms with Crippen LogP contribution < -0.4 is 5.32 Å². The Morgan fingerprint density at radius 1 is 1.64 bits per heavy atom. The van der Waals surface area contributed by atoms with Crippen molar-refractivity contribution in [2.75, 3.05) is 0 Å². The number of terminal acetylenes is 1. The molecule has 1 aliphatic rings. The molecule has 0 saturated heterocycles. The molecule has 2 nitrogen and oxygen atoms in total. The molecule has 80 valence electrons. The third-order valence-corrected chi connectivity index (χ3v) is 3.51. The van der Waals surface area contributed by atoms with Gasteiger partial charge in [0.25, 0.3) is 0 Å². The first kappa shape index (κ1) is 11.6. The Hall–Kier alpha value is -0.520. The summed E-state index contributed by atoms with van der Waals surface area (Å²) in [5.74, 6) is 2.69. The smallest absolute Gasteiger partial charge is 0.0621 e. The molecule has 3 unspecified atom stereocenters. The van der Waals surface area contributed by atoms with Gasteiger partial charge in [0.2, 0.25) is 0 Å². The van der Waals surface area contributed by atoms with Gasteiger partial charge in [0.15, 0.2) is 0 Å². The molecule has 1 saturated carbocycles. The van der Waals surface area contributed by atoms with Gasteiger partial charge in [-0.15, -0.1) is 12.3 Å². The zero-order valence-corrected chi connectivity index (χ0v) is 9.38. The van der Waals surface area contributed by atoms with E-state index in [2.05, 4.69) is 32.0 Å². The molecule has 1 fully saturated rings. The van der Waals surface area contributed by atoms with E-state index in [-0.39, 0.29) is 11.5 Å². The average molecular weight is 195 g/mol. The van der Waals surface area contributed by atoms with Crippen LogP contribution in [0.5, 0.6) is 0 Å².